The maximum Gasteiger partial charge on any atom is 0.165 e. The molecule has 0 aliphatic heterocycles. The van der Waals surface area contributed by atoms with E-state index in [0.717, 1.165) is 10.9 Å². The van der Waals surface area contributed by atoms with Gasteiger partial charge in [0.15, 0.2) is 5.78 Å². The van der Waals surface area contributed by atoms with Gasteiger partial charge in [-0.1, -0.05) is 34.5 Å². The van der Waals surface area contributed by atoms with Gasteiger partial charge in [-0.25, -0.2) is 0 Å². The predicted octanol–water partition coefficient (Wildman–Crippen LogP) is 3.41. The molecule has 0 fully saturated rings. The Labute approximate surface area is 103 Å². The Balaban J connectivity index is 2.82. The van der Waals surface area contributed by atoms with Crippen molar-refractivity contribution < 1.29 is 4.79 Å². The summed E-state index contributed by atoms with van der Waals surface area (Å²) in [6, 6.07) is 5.15. The van der Waals surface area contributed by atoms with Crippen LogP contribution in [0.15, 0.2) is 22.7 Å². The van der Waals surface area contributed by atoms with E-state index in [1.54, 1.807) is 18.2 Å². The molecule has 2 nitrogen and oxygen atoms in total. The van der Waals surface area contributed by atoms with Crippen LogP contribution in [0.2, 0.25) is 5.02 Å². The fourth-order valence-electron chi connectivity index (χ4n) is 1.21. The van der Waals surface area contributed by atoms with Crippen LogP contribution in [0, 0.1) is 0 Å². The Morgan fingerprint density at radius 3 is 2.80 bits per heavy atom. The molecule has 0 saturated carbocycles. The molecule has 15 heavy (non-hydrogen) atoms. The summed E-state index contributed by atoms with van der Waals surface area (Å²) >= 11 is 9.25. The molecule has 0 radical (unpaired) electrons. The van der Waals surface area contributed by atoms with Crippen LogP contribution >= 0.6 is 27.5 Å². The van der Waals surface area contributed by atoms with Gasteiger partial charge in [0.2, 0.25) is 0 Å². The number of benzene rings is 1. The Bertz CT molecular complexity index is 368. The molecule has 1 unspecified atom stereocenters. The highest BCUT2D eigenvalue weighted by Crippen LogP contribution is 2.22. The van der Waals surface area contributed by atoms with Crippen molar-refractivity contribution in [3.05, 3.63) is 33.3 Å². The highest BCUT2D eigenvalue weighted by Gasteiger charge is 2.13. The topological polar surface area (TPSA) is 43.1 Å². The molecule has 0 aliphatic carbocycles. The standard InChI is InChI=1S/C11H13BrClNO/c1-2-8(14)6-11(15)9-4-3-7(12)5-10(9)13/h3-5,8H,2,6,14H2,1H3. The number of rotatable bonds is 4. The summed E-state index contributed by atoms with van der Waals surface area (Å²) in [5, 5.41) is 0.470. The zero-order chi connectivity index (χ0) is 11.4. The van der Waals surface area contributed by atoms with Gasteiger partial charge in [-0.15, -0.1) is 0 Å². The molecule has 4 heteroatoms. The third-order valence-electron chi connectivity index (χ3n) is 2.20. The fraction of sp³-hybridized carbons (Fsp3) is 0.364. The molecule has 1 rings (SSSR count). The second-order valence-corrected chi connectivity index (χ2v) is 4.74. The first-order valence-corrected chi connectivity index (χ1v) is 5.95. The molecule has 82 valence electrons. The molecule has 0 amide bonds. The van der Waals surface area contributed by atoms with Crippen molar-refractivity contribution in [2.24, 2.45) is 5.73 Å². The van der Waals surface area contributed by atoms with E-state index in [4.69, 9.17) is 17.3 Å². The summed E-state index contributed by atoms with van der Waals surface area (Å²) in [7, 11) is 0. The molecular weight excluding hydrogens is 277 g/mol. The first kappa shape index (κ1) is 12.7. The Kier molecular flexibility index (Phi) is 4.77. The van der Waals surface area contributed by atoms with Gasteiger partial charge < -0.3 is 5.73 Å². The average Bonchev–Trinajstić information content (AvgIpc) is 2.17. The lowest BCUT2D eigenvalue weighted by Crippen LogP contribution is -2.22. The summed E-state index contributed by atoms with van der Waals surface area (Å²) in [6.45, 7) is 1.96. The highest BCUT2D eigenvalue weighted by atomic mass is 79.9. The van der Waals surface area contributed by atoms with Gasteiger partial charge in [-0.2, -0.15) is 0 Å². The molecule has 0 aliphatic rings. The van der Waals surface area contributed by atoms with E-state index < -0.39 is 0 Å². The summed E-state index contributed by atoms with van der Waals surface area (Å²) in [4.78, 5) is 11.8. The summed E-state index contributed by atoms with van der Waals surface area (Å²) in [6.07, 6.45) is 1.14. The van der Waals surface area contributed by atoms with Crippen molar-refractivity contribution in [2.45, 2.75) is 25.8 Å². The van der Waals surface area contributed by atoms with E-state index in [9.17, 15) is 4.79 Å². The SMILES string of the molecule is CCC(N)CC(=O)c1ccc(Br)cc1Cl. The molecule has 0 spiro atoms. The number of Topliss-reactive ketones (excluding diaryl/α,β-unsaturated/α-hetero) is 1. The normalized spacial score (nSPS) is 12.5. The van der Waals surface area contributed by atoms with Crippen LogP contribution in [0.4, 0.5) is 0 Å². The van der Waals surface area contributed by atoms with E-state index in [1.807, 2.05) is 6.92 Å². The summed E-state index contributed by atoms with van der Waals surface area (Å²) < 4.78 is 0.865. The molecule has 1 aromatic rings. The number of halogens is 2. The number of carbonyl (C=O) groups excluding carboxylic acids is 1. The first-order chi connectivity index (χ1) is 7.04. The molecule has 2 N–H and O–H groups in total. The molecule has 1 atom stereocenters. The van der Waals surface area contributed by atoms with Gasteiger partial charge in [0, 0.05) is 22.5 Å². The summed E-state index contributed by atoms with van der Waals surface area (Å²) in [5.74, 6) is 0.00171. The van der Waals surface area contributed by atoms with Crippen molar-refractivity contribution in [3.8, 4) is 0 Å². The average molecular weight is 291 g/mol. The van der Waals surface area contributed by atoms with Crippen LogP contribution in [0.5, 0.6) is 0 Å². The van der Waals surface area contributed by atoms with Crippen molar-refractivity contribution in [3.63, 3.8) is 0 Å². The van der Waals surface area contributed by atoms with Crippen molar-refractivity contribution in [1.29, 1.82) is 0 Å². The number of ketones is 1. The van der Waals surface area contributed by atoms with Gasteiger partial charge in [0.25, 0.3) is 0 Å². The van der Waals surface area contributed by atoms with E-state index in [-0.39, 0.29) is 11.8 Å². The quantitative estimate of drug-likeness (QED) is 0.864. The number of hydrogen-bond acceptors (Lipinski definition) is 2. The van der Waals surface area contributed by atoms with Crippen LogP contribution in [-0.2, 0) is 0 Å². The molecule has 0 heterocycles. The van der Waals surface area contributed by atoms with Crippen molar-refractivity contribution in [1.82, 2.24) is 0 Å². The second kappa shape index (κ2) is 5.64. The third kappa shape index (κ3) is 3.59. The van der Waals surface area contributed by atoms with Crippen molar-refractivity contribution in [2.75, 3.05) is 0 Å². The molecule has 0 aromatic heterocycles. The number of hydrogen-bond donors (Lipinski definition) is 1. The minimum absolute atomic E-state index is 0.00171. The van der Waals surface area contributed by atoms with Crippen LogP contribution in [-0.4, -0.2) is 11.8 Å². The predicted molar refractivity (Wildman–Crippen MR) is 66.4 cm³/mol. The smallest absolute Gasteiger partial charge is 0.165 e. The van der Waals surface area contributed by atoms with E-state index in [0.29, 0.717) is 17.0 Å². The van der Waals surface area contributed by atoms with Gasteiger partial charge in [0.05, 0.1) is 5.02 Å². The first-order valence-electron chi connectivity index (χ1n) is 4.78. The minimum atomic E-state index is -0.0859. The lowest BCUT2D eigenvalue weighted by Gasteiger charge is -2.08. The maximum absolute atomic E-state index is 11.8. The summed E-state index contributed by atoms with van der Waals surface area (Å²) in [5.41, 5.74) is 6.26. The van der Waals surface area contributed by atoms with Gasteiger partial charge >= 0.3 is 0 Å². The van der Waals surface area contributed by atoms with Gasteiger partial charge in [-0.3, -0.25) is 4.79 Å². The monoisotopic (exact) mass is 289 g/mol. The molecular formula is C11H13BrClNO. The minimum Gasteiger partial charge on any atom is -0.327 e. The number of carbonyl (C=O) groups is 1. The van der Waals surface area contributed by atoms with Crippen LogP contribution < -0.4 is 5.73 Å². The third-order valence-corrected chi connectivity index (χ3v) is 3.01. The fourth-order valence-corrected chi connectivity index (χ4v) is 1.99. The Morgan fingerprint density at radius 2 is 2.27 bits per heavy atom. The number of nitrogens with two attached hydrogens (primary N) is 1. The molecule has 1 aromatic carbocycles. The zero-order valence-corrected chi connectivity index (χ0v) is 10.8. The lowest BCUT2D eigenvalue weighted by molar-refractivity contribution is 0.0974. The molecule has 0 saturated heterocycles. The van der Waals surface area contributed by atoms with E-state index in [1.165, 1.54) is 0 Å². The van der Waals surface area contributed by atoms with Crippen molar-refractivity contribution >= 4 is 33.3 Å². The lowest BCUT2D eigenvalue weighted by atomic mass is 10.0. The van der Waals surface area contributed by atoms with E-state index >= 15 is 0 Å². The largest absolute Gasteiger partial charge is 0.327 e. The Morgan fingerprint density at radius 1 is 1.60 bits per heavy atom. The molecule has 0 bridgehead atoms. The second-order valence-electron chi connectivity index (χ2n) is 3.42. The van der Waals surface area contributed by atoms with Crippen LogP contribution in [0.3, 0.4) is 0 Å². The van der Waals surface area contributed by atoms with Gasteiger partial charge in [0.1, 0.15) is 0 Å². The zero-order valence-electron chi connectivity index (χ0n) is 8.47. The highest BCUT2D eigenvalue weighted by molar-refractivity contribution is 9.10. The van der Waals surface area contributed by atoms with Crippen LogP contribution in [0.25, 0.3) is 0 Å². The van der Waals surface area contributed by atoms with E-state index in [2.05, 4.69) is 15.9 Å². The van der Waals surface area contributed by atoms with Crippen LogP contribution in [0.1, 0.15) is 30.1 Å². The Hall–Kier alpha value is -0.380. The van der Waals surface area contributed by atoms with Gasteiger partial charge in [-0.05, 0) is 24.6 Å². The maximum atomic E-state index is 11.8.